The summed E-state index contributed by atoms with van der Waals surface area (Å²) in [6, 6.07) is 0. The van der Waals surface area contributed by atoms with Crippen LogP contribution >= 0.6 is 0 Å². The summed E-state index contributed by atoms with van der Waals surface area (Å²) in [5.74, 6) is 0. The molecule has 0 radical (unpaired) electrons. The molecule has 0 aromatic heterocycles. The summed E-state index contributed by atoms with van der Waals surface area (Å²) in [5.41, 5.74) is 0. The third kappa shape index (κ3) is 5.27. The first-order valence-electron chi connectivity index (χ1n) is 5.63. The maximum atomic E-state index is 5.75. The molecule has 1 rings (SSSR count). The van der Waals surface area contributed by atoms with Gasteiger partial charge in [0.2, 0.25) is 0 Å². The fourth-order valence-electron chi connectivity index (χ4n) is 1.62. The van der Waals surface area contributed by atoms with Crippen LogP contribution in [0.15, 0.2) is 0 Å². The van der Waals surface area contributed by atoms with Crippen molar-refractivity contribution in [1.82, 2.24) is 0 Å². The van der Waals surface area contributed by atoms with Gasteiger partial charge in [-0.15, -0.1) is 0 Å². The van der Waals surface area contributed by atoms with E-state index in [4.69, 9.17) is 9.47 Å². The van der Waals surface area contributed by atoms with Crippen molar-refractivity contribution in [3.05, 3.63) is 0 Å². The first-order chi connectivity index (χ1) is 6.43. The highest BCUT2D eigenvalue weighted by Gasteiger charge is 2.13. The molecular formula is C11H22O2. The van der Waals surface area contributed by atoms with Crippen LogP contribution in [-0.4, -0.2) is 25.9 Å². The minimum atomic E-state index is 0.482. The average Bonchev–Trinajstić information content (AvgIpc) is 2.19. The Morgan fingerprint density at radius 2 is 1.92 bits per heavy atom. The zero-order valence-corrected chi connectivity index (χ0v) is 8.76. The molecule has 0 saturated carbocycles. The van der Waals surface area contributed by atoms with Gasteiger partial charge in [0.05, 0.1) is 6.10 Å². The van der Waals surface area contributed by atoms with Crippen LogP contribution in [0.5, 0.6) is 0 Å². The Kier molecular flexibility index (Phi) is 6.21. The quantitative estimate of drug-likeness (QED) is 0.594. The maximum absolute atomic E-state index is 5.75. The summed E-state index contributed by atoms with van der Waals surface area (Å²) in [4.78, 5) is 0. The van der Waals surface area contributed by atoms with Crippen molar-refractivity contribution in [3.8, 4) is 0 Å². The van der Waals surface area contributed by atoms with Crippen LogP contribution in [0.3, 0.4) is 0 Å². The van der Waals surface area contributed by atoms with E-state index in [9.17, 15) is 0 Å². The molecule has 1 aliphatic heterocycles. The lowest BCUT2D eigenvalue weighted by molar-refractivity contribution is -0.0327. The second kappa shape index (κ2) is 7.34. The lowest BCUT2D eigenvalue weighted by Gasteiger charge is -2.22. The fraction of sp³-hybridized carbons (Fsp3) is 1.00. The fourth-order valence-corrected chi connectivity index (χ4v) is 1.62. The third-order valence-corrected chi connectivity index (χ3v) is 2.52. The molecule has 0 N–H and O–H groups in total. The number of hydrogen-bond acceptors (Lipinski definition) is 2. The molecule has 78 valence electrons. The van der Waals surface area contributed by atoms with Crippen LogP contribution in [-0.2, 0) is 9.47 Å². The Bertz CT molecular complexity index is 109. The van der Waals surface area contributed by atoms with Crippen LogP contribution < -0.4 is 0 Å². The minimum Gasteiger partial charge on any atom is -0.381 e. The number of rotatable bonds is 6. The van der Waals surface area contributed by atoms with Gasteiger partial charge >= 0.3 is 0 Å². The van der Waals surface area contributed by atoms with E-state index in [0.717, 1.165) is 32.7 Å². The van der Waals surface area contributed by atoms with Gasteiger partial charge in [0, 0.05) is 19.8 Å². The van der Waals surface area contributed by atoms with Crippen molar-refractivity contribution in [1.29, 1.82) is 0 Å². The van der Waals surface area contributed by atoms with Crippen molar-refractivity contribution in [2.24, 2.45) is 0 Å². The van der Waals surface area contributed by atoms with Gasteiger partial charge in [-0.05, 0) is 19.3 Å². The Morgan fingerprint density at radius 3 is 2.62 bits per heavy atom. The molecule has 1 aliphatic rings. The van der Waals surface area contributed by atoms with Gasteiger partial charge in [-0.3, -0.25) is 0 Å². The lowest BCUT2D eigenvalue weighted by atomic mass is 10.1. The standard InChI is InChI=1S/C11H22O2/c1-2-3-4-5-8-13-11-6-9-12-10-7-11/h11H,2-10H2,1H3. The van der Waals surface area contributed by atoms with Crippen LogP contribution in [0.25, 0.3) is 0 Å². The SMILES string of the molecule is CCCCCCOC1CCOCC1. The summed E-state index contributed by atoms with van der Waals surface area (Å²) in [6.45, 7) is 4.96. The second-order valence-corrected chi connectivity index (χ2v) is 3.74. The molecule has 0 aliphatic carbocycles. The zero-order valence-electron chi connectivity index (χ0n) is 8.76. The molecule has 13 heavy (non-hydrogen) atoms. The molecule has 0 aromatic rings. The normalized spacial score (nSPS) is 19.2. The topological polar surface area (TPSA) is 18.5 Å². The molecule has 1 heterocycles. The van der Waals surface area contributed by atoms with Crippen LogP contribution in [0.2, 0.25) is 0 Å². The first kappa shape index (κ1) is 11.0. The predicted molar refractivity (Wildman–Crippen MR) is 53.9 cm³/mol. The number of hydrogen-bond donors (Lipinski definition) is 0. The van der Waals surface area contributed by atoms with Crippen LogP contribution in [0.1, 0.15) is 45.4 Å². The second-order valence-electron chi connectivity index (χ2n) is 3.74. The van der Waals surface area contributed by atoms with Crippen molar-refractivity contribution in [3.63, 3.8) is 0 Å². The van der Waals surface area contributed by atoms with Gasteiger partial charge in [-0.1, -0.05) is 26.2 Å². The van der Waals surface area contributed by atoms with E-state index in [1.807, 2.05) is 0 Å². The van der Waals surface area contributed by atoms with E-state index >= 15 is 0 Å². The number of ether oxygens (including phenoxy) is 2. The van der Waals surface area contributed by atoms with Gasteiger partial charge < -0.3 is 9.47 Å². The Morgan fingerprint density at radius 1 is 1.15 bits per heavy atom. The molecule has 0 atom stereocenters. The van der Waals surface area contributed by atoms with Crippen molar-refractivity contribution in [2.45, 2.75) is 51.6 Å². The number of unbranched alkanes of at least 4 members (excludes halogenated alkanes) is 3. The van der Waals surface area contributed by atoms with Gasteiger partial charge in [0.1, 0.15) is 0 Å². The van der Waals surface area contributed by atoms with E-state index in [0.29, 0.717) is 6.10 Å². The molecule has 0 amide bonds. The van der Waals surface area contributed by atoms with Crippen LogP contribution in [0, 0.1) is 0 Å². The highest BCUT2D eigenvalue weighted by molar-refractivity contribution is 4.62. The summed E-state index contributed by atoms with van der Waals surface area (Å²) >= 11 is 0. The largest absolute Gasteiger partial charge is 0.381 e. The van der Waals surface area contributed by atoms with Gasteiger partial charge in [-0.25, -0.2) is 0 Å². The van der Waals surface area contributed by atoms with E-state index in [1.54, 1.807) is 0 Å². The van der Waals surface area contributed by atoms with E-state index in [2.05, 4.69) is 6.92 Å². The first-order valence-corrected chi connectivity index (χ1v) is 5.63. The average molecular weight is 186 g/mol. The van der Waals surface area contributed by atoms with Gasteiger partial charge in [0.25, 0.3) is 0 Å². The molecule has 1 fully saturated rings. The predicted octanol–water partition coefficient (Wildman–Crippen LogP) is 2.76. The Labute approximate surface area is 81.6 Å². The van der Waals surface area contributed by atoms with Crippen molar-refractivity contribution >= 4 is 0 Å². The lowest BCUT2D eigenvalue weighted by Crippen LogP contribution is -2.23. The van der Waals surface area contributed by atoms with E-state index in [1.165, 1.54) is 25.7 Å². The zero-order chi connectivity index (χ0) is 9.36. The molecule has 1 saturated heterocycles. The van der Waals surface area contributed by atoms with Crippen LogP contribution in [0.4, 0.5) is 0 Å². The smallest absolute Gasteiger partial charge is 0.0619 e. The summed E-state index contributed by atoms with van der Waals surface area (Å²) in [6.07, 6.45) is 7.86. The summed E-state index contributed by atoms with van der Waals surface area (Å²) < 4.78 is 11.0. The highest BCUT2D eigenvalue weighted by atomic mass is 16.5. The Balaban J connectivity index is 1.86. The summed E-state index contributed by atoms with van der Waals surface area (Å²) in [7, 11) is 0. The molecule has 0 spiro atoms. The third-order valence-electron chi connectivity index (χ3n) is 2.52. The minimum absolute atomic E-state index is 0.482. The molecule has 2 heteroatoms. The van der Waals surface area contributed by atoms with Gasteiger partial charge in [-0.2, -0.15) is 0 Å². The molecule has 0 aromatic carbocycles. The van der Waals surface area contributed by atoms with E-state index in [-0.39, 0.29) is 0 Å². The van der Waals surface area contributed by atoms with Crippen molar-refractivity contribution in [2.75, 3.05) is 19.8 Å². The molecular weight excluding hydrogens is 164 g/mol. The highest BCUT2D eigenvalue weighted by Crippen LogP contribution is 2.11. The Hall–Kier alpha value is -0.0800. The molecule has 2 nitrogen and oxygen atoms in total. The molecule has 0 unspecified atom stereocenters. The monoisotopic (exact) mass is 186 g/mol. The van der Waals surface area contributed by atoms with Gasteiger partial charge in [0.15, 0.2) is 0 Å². The molecule has 0 bridgehead atoms. The van der Waals surface area contributed by atoms with E-state index < -0.39 is 0 Å². The maximum Gasteiger partial charge on any atom is 0.0619 e. The summed E-state index contributed by atoms with van der Waals surface area (Å²) in [5, 5.41) is 0. The van der Waals surface area contributed by atoms with Crippen molar-refractivity contribution < 1.29 is 9.47 Å².